The molecular formula is C22H15FN4O2. The zero-order valence-electron chi connectivity index (χ0n) is 15.2. The van der Waals surface area contributed by atoms with Crippen LogP contribution in [-0.4, -0.2) is 15.0 Å². The number of halogens is 1. The Hall–Kier alpha value is -4.00. The smallest absolute Gasteiger partial charge is 0.219 e. The van der Waals surface area contributed by atoms with E-state index in [4.69, 9.17) is 9.15 Å². The van der Waals surface area contributed by atoms with Crippen LogP contribution >= 0.6 is 0 Å². The molecule has 0 aliphatic heterocycles. The summed E-state index contributed by atoms with van der Waals surface area (Å²) in [6.45, 7) is 0.492. The Balaban J connectivity index is 1.37. The van der Waals surface area contributed by atoms with E-state index in [0.717, 1.165) is 22.0 Å². The summed E-state index contributed by atoms with van der Waals surface area (Å²) in [5.74, 6) is 1.24. The fourth-order valence-corrected chi connectivity index (χ4v) is 3.07. The second-order valence-electron chi connectivity index (χ2n) is 6.41. The van der Waals surface area contributed by atoms with Crippen LogP contribution in [0, 0.1) is 5.82 Å². The van der Waals surface area contributed by atoms with E-state index in [0.29, 0.717) is 29.6 Å². The van der Waals surface area contributed by atoms with Crippen LogP contribution in [0.15, 0.2) is 77.6 Å². The van der Waals surface area contributed by atoms with E-state index in [2.05, 4.69) is 20.3 Å². The number of aromatic nitrogens is 3. The zero-order valence-corrected chi connectivity index (χ0v) is 15.2. The van der Waals surface area contributed by atoms with E-state index in [1.807, 2.05) is 36.4 Å². The van der Waals surface area contributed by atoms with Gasteiger partial charge in [-0.3, -0.25) is 0 Å². The Morgan fingerprint density at radius 2 is 1.83 bits per heavy atom. The number of para-hydroxylation sites is 1. The Kier molecular flexibility index (Phi) is 4.25. The molecule has 0 saturated heterocycles. The maximum atomic E-state index is 13.0. The van der Waals surface area contributed by atoms with Crippen molar-refractivity contribution in [3.8, 4) is 11.6 Å². The normalized spacial score (nSPS) is 11.1. The van der Waals surface area contributed by atoms with E-state index in [1.165, 1.54) is 18.5 Å². The Morgan fingerprint density at radius 1 is 0.966 bits per heavy atom. The number of nitrogens with zero attached hydrogens (tertiary/aromatic N) is 3. The van der Waals surface area contributed by atoms with Gasteiger partial charge in [0.2, 0.25) is 5.88 Å². The van der Waals surface area contributed by atoms with Crippen LogP contribution in [0.4, 0.5) is 10.2 Å². The highest BCUT2D eigenvalue weighted by Gasteiger charge is 2.12. The average molecular weight is 386 g/mol. The van der Waals surface area contributed by atoms with Gasteiger partial charge < -0.3 is 14.5 Å². The minimum absolute atomic E-state index is 0.315. The van der Waals surface area contributed by atoms with E-state index >= 15 is 0 Å². The summed E-state index contributed by atoms with van der Waals surface area (Å²) in [7, 11) is 0. The van der Waals surface area contributed by atoms with Gasteiger partial charge in [0.25, 0.3) is 0 Å². The predicted octanol–water partition coefficient (Wildman–Crippen LogP) is 5.31. The molecule has 3 heterocycles. The summed E-state index contributed by atoms with van der Waals surface area (Å²) in [6, 6.07) is 17.2. The molecule has 0 spiro atoms. The predicted molar refractivity (Wildman–Crippen MR) is 107 cm³/mol. The lowest BCUT2D eigenvalue weighted by Crippen LogP contribution is -2.02. The van der Waals surface area contributed by atoms with Crippen molar-refractivity contribution in [2.45, 2.75) is 6.54 Å². The lowest BCUT2D eigenvalue weighted by Gasteiger charge is -2.08. The summed E-state index contributed by atoms with van der Waals surface area (Å²) in [6.07, 6.45) is 3.18. The molecule has 0 saturated carbocycles. The van der Waals surface area contributed by atoms with Crippen molar-refractivity contribution < 1.29 is 13.5 Å². The number of hydrogen-bond donors (Lipinski definition) is 1. The van der Waals surface area contributed by atoms with Gasteiger partial charge in [0, 0.05) is 24.2 Å². The van der Waals surface area contributed by atoms with Gasteiger partial charge >= 0.3 is 0 Å². The molecule has 0 aliphatic rings. The third-order valence-electron chi connectivity index (χ3n) is 4.45. The minimum Gasteiger partial charge on any atom is -0.450 e. The molecule has 0 atom stereocenters. The third kappa shape index (κ3) is 3.45. The number of furan rings is 1. The molecular weight excluding hydrogens is 371 g/mol. The van der Waals surface area contributed by atoms with Crippen molar-refractivity contribution in [3.63, 3.8) is 0 Å². The van der Waals surface area contributed by atoms with Gasteiger partial charge in [-0.15, -0.1) is 0 Å². The molecule has 6 nitrogen and oxygen atoms in total. The number of benzene rings is 2. The van der Waals surface area contributed by atoms with Crippen molar-refractivity contribution in [1.29, 1.82) is 0 Å². The quantitative estimate of drug-likeness (QED) is 0.441. The molecule has 5 rings (SSSR count). The van der Waals surface area contributed by atoms with Gasteiger partial charge in [-0.2, -0.15) is 0 Å². The number of ether oxygens (including phenoxy) is 1. The standard InChI is InChI=1S/C22H15FN4O2/c23-15-5-7-16(8-6-15)28-19-11-14(9-10-24-19)12-25-22-21-20(26-13-27-22)17-3-1-2-4-18(17)29-21/h1-11,13H,12H2,(H,25,26,27). The molecule has 5 aromatic rings. The number of fused-ring (bicyclic) bond motifs is 3. The largest absolute Gasteiger partial charge is 0.450 e. The molecule has 1 N–H and O–H groups in total. The van der Waals surface area contributed by atoms with E-state index in [1.54, 1.807) is 18.3 Å². The number of rotatable bonds is 5. The fourth-order valence-electron chi connectivity index (χ4n) is 3.07. The topological polar surface area (TPSA) is 73.1 Å². The van der Waals surface area contributed by atoms with Gasteiger partial charge in [0.05, 0.1) is 0 Å². The maximum absolute atomic E-state index is 13.0. The van der Waals surface area contributed by atoms with Crippen LogP contribution in [0.1, 0.15) is 5.56 Å². The van der Waals surface area contributed by atoms with Crippen molar-refractivity contribution >= 4 is 27.9 Å². The lowest BCUT2D eigenvalue weighted by molar-refractivity contribution is 0.460. The number of pyridine rings is 1. The van der Waals surface area contributed by atoms with Gasteiger partial charge in [-0.1, -0.05) is 12.1 Å². The first kappa shape index (κ1) is 17.1. The molecule has 7 heteroatoms. The summed E-state index contributed by atoms with van der Waals surface area (Å²) in [5.41, 5.74) is 3.10. The molecule has 142 valence electrons. The van der Waals surface area contributed by atoms with Crippen LogP contribution < -0.4 is 10.1 Å². The molecule has 0 fully saturated rings. The lowest BCUT2D eigenvalue weighted by atomic mass is 10.2. The number of hydrogen-bond acceptors (Lipinski definition) is 6. The van der Waals surface area contributed by atoms with E-state index in [9.17, 15) is 4.39 Å². The summed E-state index contributed by atoms with van der Waals surface area (Å²) < 4.78 is 24.6. The minimum atomic E-state index is -0.315. The molecule has 0 radical (unpaired) electrons. The molecule has 0 amide bonds. The first-order valence-corrected chi connectivity index (χ1v) is 9.01. The van der Waals surface area contributed by atoms with Crippen molar-refractivity contribution in [1.82, 2.24) is 15.0 Å². The van der Waals surface area contributed by atoms with E-state index in [-0.39, 0.29) is 5.82 Å². The Bertz CT molecular complexity index is 1300. The molecule has 2 aromatic carbocycles. The molecule has 0 unspecified atom stereocenters. The monoisotopic (exact) mass is 386 g/mol. The van der Waals surface area contributed by atoms with Crippen molar-refractivity contribution in [3.05, 3.63) is 84.6 Å². The second kappa shape index (κ2) is 7.20. The van der Waals surface area contributed by atoms with Gasteiger partial charge in [-0.25, -0.2) is 19.3 Å². The maximum Gasteiger partial charge on any atom is 0.219 e. The van der Waals surface area contributed by atoms with Crippen LogP contribution in [0.2, 0.25) is 0 Å². The Morgan fingerprint density at radius 3 is 2.72 bits per heavy atom. The summed E-state index contributed by atoms with van der Waals surface area (Å²) in [4.78, 5) is 12.9. The van der Waals surface area contributed by atoms with Gasteiger partial charge in [-0.05, 0) is 48.0 Å². The highest BCUT2D eigenvalue weighted by molar-refractivity contribution is 6.05. The van der Waals surface area contributed by atoms with Gasteiger partial charge in [0.15, 0.2) is 11.4 Å². The number of anilines is 1. The first-order chi connectivity index (χ1) is 14.3. The summed E-state index contributed by atoms with van der Waals surface area (Å²) in [5, 5.41) is 4.24. The summed E-state index contributed by atoms with van der Waals surface area (Å²) >= 11 is 0. The van der Waals surface area contributed by atoms with Crippen molar-refractivity contribution in [2.24, 2.45) is 0 Å². The number of nitrogens with one attached hydrogen (secondary N) is 1. The molecule has 0 bridgehead atoms. The van der Waals surface area contributed by atoms with Crippen LogP contribution in [0.3, 0.4) is 0 Å². The van der Waals surface area contributed by atoms with Crippen LogP contribution in [0.5, 0.6) is 11.6 Å². The molecule has 3 aromatic heterocycles. The molecule has 29 heavy (non-hydrogen) atoms. The highest BCUT2D eigenvalue weighted by atomic mass is 19.1. The van der Waals surface area contributed by atoms with Crippen molar-refractivity contribution in [2.75, 3.05) is 5.32 Å². The van der Waals surface area contributed by atoms with Crippen LogP contribution in [-0.2, 0) is 6.54 Å². The third-order valence-corrected chi connectivity index (χ3v) is 4.45. The van der Waals surface area contributed by atoms with E-state index < -0.39 is 0 Å². The fraction of sp³-hybridized carbons (Fsp3) is 0.0455. The second-order valence-corrected chi connectivity index (χ2v) is 6.41. The van der Waals surface area contributed by atoms with Crippen LogP contribution in [0.25, 0.3) is 22.1 Å². The SMILES string of the molecule is Fc1ccc(Oc2cc(CNc3ncnc4c3oc3ccccc34)ccn2)cc1. The van der Waals surface area contributed by atoms with Gasteiger partial charge in [0.1, 0.15) is 29.0 Å². The highest BCUT2D eigenvalue weighted by Crippen LogP contribution is 2.30. The average Bonchev–Trinajstić information content (AvgIpc) is 3.14. The first-order valence-electron chi connectivity index (χ1n) is 9.01. The Labute approximate surface area is 165 Å². The zero-order chi connectivity index (χ0) is 19.6. The molecule has 0 aliphatic carbocycles.